The van der Waals surface area contributed by atoms with Gasteiger partial charge in [-0.1, -0.05) is 12.1 Å². The van der Waals surface area contributed by atoms with Crippen molar-refractivity contribution in [2.75, 3.05) is 0 Å². The molecule has 1 aromatic carbocycles. The molecule has 0 unspecified atom stereocenters. The van der Waals surface area contributed by atoms with Gasteiger partial charge in [0.1, 0.15) is 5.82 Å². The quantitative estimate of drug-likeness (QED) is 0.807. The second-order valence-corrected chi connectivity index (χ2v) is 6.45. The van der Waals surface area contributed by atoms with Gasteiger partial charge in [-0.3, -0.25) is 14.9 Å². The van der Waals surface area contributed by atoms with Crippen LogP contribution in [0.1, 0.15) is 39.7 Å². The fraction of sp³-hybridized carbons (Fsp3) is 0.471. The number of carbonyl (C=O) groups excluding carboxylic acids is 3. The molecule has 1 rings (SSSR count). The van der Waals surface area contributed by atoms with E-state index in [9.17, 15) is 18.8 Å². The second-order valence-electron chi connectivity index (χ2n) is 6.45. The van der Waals surface area contributed by atoms with Crippen LogP contribution >= 0.6 is 0 Å². The lowest BCUT2D eigenvalue weighted by Gasteiger charge is -2.21. The molecule has 6 nitrogen and oxygen atoms in total. The second kappa shape index (κ2) is 8.42. The number of carbonyl (C=O) groups is 3. The standard InChI is InChI=1S/C17H23FN2O4/c1-11(15(22)19-16(23)20-17(2,3)4)24-14(21)10-7-12-5-8-13(18)9-6-12/h5-6,8-9,11H,7,10H2,1-4H3,(H2,19,20,22,23)/t11-/m0/s1. The van der Waals surface area contributed by atoms with Crippen molar-refractivity contribution in [3.63, 3.8) is 0 Å². The maximum Gasteiger partial charge on any atom is 0.321 e. The molecule has 0 saturated carbocycles. The average molecular weight is 338 g/mol. The number of rotatable bonds is 5. The lowest BCUT2D eigenvalue weighted by Crippen LogP contribution is -2.50. The highest BCUT2D eigenvalue weighted by molar-refractivity contribution is 5.97. The number of esters is 1. The number of imide groups is 1. The van der Waals surface area contributed by atoms with E-state index in [1.807, 2.05) is 0 Å². The fourth-order valence-electron chi connectivity index (χ4n) is 1.79. The summed E-state index contributed by atoms with van der Waals surface area (Å²) in [5.41, 5.74) is 0.300. The van der Waals surface area contributed by atoms with Gasteiger partial charge in [0.15, 0.2) is 6.10 Å². The van der Waals surface area contributed by atoms with Crippen molar-refractivity contribution in [2.45, 2.75) is 52.2 Å². The predicted molar refractivity (Wildman–Crippen MR) is 86.7 cm³/mol. The van der Waals surface area contributed by atoms with Gasteiger partial charge in [-0.05, 0) is 51.8 Å². The molecule has 0 aliphatic carbocycles. The van der Waals surface area contributed by atoms with Crippen molar-refractivity contribution >= 4 is 17.9 Å². The van der Waals surface area contributed by atoms with Gasteiger partial charge >= 0.3 is 12.0 Å². The Morgan fingerprint density at radius 1 is 1.17 bits per heavy atom. The Kier molecular flexibility index (Phi) is 6.88. The summed E-state index contributed by atoms with van der Waals surface area (Å²) < 4.78 is 17.8. The smallest absolute Gasteiger partial charge is 0.321 e. The summed E-state index contributed by atoms with van der Waals surface area (Å²) in [5.74, 6) is -1.62. The summed E-state index contributed by atoms with van der Waals surface area (Å²) in [4.78, 5) is 35.1. The molecule has 0 aliphatic heterocycles. The summed E-state index contributed by atoms with van der Waals surface area (Å²) in [7, 11) is 0. The summed E-state index contributed by atoms with van der Waals surface area (Å²) in [6, 6.07) is 5.13. The first-order chi connectivity index (χ1) is 11.1. The van der Waals surface area contributed by atoms with Crippen LogP contribution in [0.3, 0.4) is 0 Å². The first-order valence-corrected chi connectivity index (χ1v) is 7.64. The fourth-order valence-corrected chi connectivity index (χ4v) is 1.79. The number of aryl methyl sites for hydroxylation is 1. The number of halogens is 1. The van der Waals surface area contributed by atoms with E-state index in [0.717, 1.165) is 5.56 Å². The largest absolute Gasteiger partial charge is 0.453 e. The topological polar surface area (TPSA) is 84.5 Å². The number of nitrogens with one attached hydrogen (secondary N) is 2. The molecule has 3 amide bonds. The van der Waals surface area contributed by atoms with Crippen LogP contribution in [0, 0.1) is 5.82 Å². The normalized spacial score (nSPS) is 12.2. The molecule has 0 heterocycles. The van der Waals surface area contributed by atoms with Gasteiger partial charge in [-0.2, -0.15) is 0 Å². The van der Waals surface area contributed by atoms with Crippen LogP contribution < -0.4 is 10.6 Å². The Bertz CT molecular complexity index is 594. The molecule has 1 aromatic rings. The van der Waals surface area contributed by atoms with Gasteiger partial charge in [-0.25, -0.2) is 9.18 Å². The zero-order valence-corrected chi connectivity index (χ0v) is 14.3. The van der Waals surface area contributed by atoms with Crippen molar-refractivity contribution < 1.29 is 23.5 Å². The predicted octanol–water partition coefficient (Wildman–Crippen LogP) is 2.31. The third-order valence-corrected chi connectivity index (χ3v) is 2.93. The SMILES string of the molecule is C[C@H](OC(=O)CCc1ccc(F)cc1)C(=O)NC(=O)NC(C)(C)C. The number of amides is 3. The van der Waals surface area contributed by atoms with Crippen molar-refractivity contribution in [2.24, 2.45) is 0 Å². The highest BCUT2D eigenvalue weighted by Gasteiger charge is 2.21. The molecule has 0 bridgehead atoms. The lowest BCUT2D eigenvalue weighted by molar-refractivity contribution is -0.154. The number of benzene rings is 1. The van der Waals surface area contributed by atoms with Crippen LogP contribution in [-0.2, 0) is 20.7 Å². The van der Waals surface area contributed by atoms with E-state index >= 15 is 0 Å². The Labute approximate surface area is 140 Å². The third-order valence-electron chi connectivity index (χ3n) is 2.93. The highest BCUT2D eigenvalue weighted by atomic mass is 19.1. The maximum absolute atomic E-state index is 12.8. The molecule has 132 valence electrons. The van der Waals surface area contributed by atoms with E-state index in [4.69, 9.17) is 4.74 Å². The number of urea groups is 1. The van der Waals surface area contributed by atoms with Crippen molar-refractivity contribution in [3.8, 4) is 0 Å². The third kappa shape index (κ3) is 7.71. The summed E-state index contributed by atoms with van der Waals surface area (Å²) in [5, 5.41) is 4.68. The van der Waals surface area contributed by atoms with Crippen LogP contribution in [-0.4, -0.2) is 29.6 Å². The van der Waals surface area contributed by atoms with Crippen LogP contribution in [0.5, 0.6) is 0 Å². The van der Waals surface area contributed by atoms with E-state index < -0.39 is 29.6 Å². The molecular weight excluding hydrogens is 315 g/mol. The van der Waals surface area contributed by atoms with Crippen molar-refractivity contribution in [1.29, 1.82) is 0 Å². The van der Waals surface area contributed by atoms with Gasteiger partial charge in [0.05, 0.1) is 0 Å². The van der Waals surface area contributed by atoms with E-state index in [2.05, 4.69) is 10.6 Å². The lowest BCUT2D eigenvalue weighted by atomic mass is 10.1. The zero-order valence-electron chi connectivity index (χ0n) is 14.3. The molecule has 1 atom stereocenters. The first kappa shape index (κ1) is 19.6. The van der Waals surface area contributed by atoms with Crippen molar-refractivity contribution in [3.05, 3.63) is 35.6 Å². The number of hydrogen-bond acceptors (Lipinski definition) is 4. The van der Waals surface area contributed by atoms with E-state index in [0.29, 0.717) is 6.42 Å². The zero-order chi connectivity index (χ0) is 18.3. The molecule has 0 fully saturated rings. The Balaban J connectivity index is 2.38. The van der Waals surface area contributed by atoms with Gasteiger partial charge in [0.25, 0.3) is 5.91 Å². The Morgan fingerprint density at radius 2 is 1.75 bits per heavy atom. The molecule has 0 saturated heterocycles. The minimum Gasteiger partial charge on any atom is -0.453 e. The monoisotopic (exact) mass is 338 g/mol. The summed E-state index contributed by atoms with van der Waals surface area (Å²) in [6.07, 6.45) is -0.661. The van der Waals surface area contributed by atoms with Crippen molar-refractivity contribution in [1.82, 2.24) is 10.6 Å². The van der Waals surface area contributed by atoms with Gasteiger partial charge in [-0.15, -0.1) is 0 Å². The first-order valence-electron chi connectivity index (χ1n) is 7.64. The van der Waals surface area contributed by atoms with Gasteiger partial charge < -0.3 is 10.1 Å². The number of hydrogen-bond donors (Lipinski definition) is 2. The summed E-state index contributed by atoms with van der Waals surface area (Å²) in [6.45, 7) is 6.71. The van der Waals surface area contributed by atoms with Gasteiger partial charge in [0.2, 0.25) is 0 Å². The van der Waals surface area contributed by atoms with Crippen LogP contribution in [0.25, 0.3) is 0 Å². The molecule has 0 aromatic heterocycles. The molecule has 0 radical (unpaired) electrons. The van der Waals surface area contributed by atoms with Gasteiger partial charge in [0, 0.05) is 12.0 Å². The summed E-state index contributed by atoms with van der Waals surface area (Å²) >= 11 is 0. The van der Waals surface area contributed by atoms with E-state index in [1.54, 1.807) is 32.9 Å². The Morgan fingerprint density at radius 3 is 2.29 bits per heavy atom. The van der Waals surface area contributed by atoms with Crippen LogP contribution in [0.2, 0.25) is 0 Å². The minimum atomic E-state index is -1.09. The highest BCUT2D eigenvalue weighted by Crippen LogP contribution is 2.07. The average Bonchev–Trinajstić information content (AvgIpc) is 2.44. The molecule has 2 N–H and O–H groups in total. The molecular formula is C17H23FN2O4. The molecule has 0 aliphatic rings. The molecule has 24 heavy (non-hydrogen) atoms. The molecule has 7 heteroatoms. The minimum absolute atomic E-state index is 0.0530. The van der Waals surface area contributed by atoms with E-state index in [-0.39, 0.29) is 12.2 Å². The molecule has 0 spiro atoms. The Hall–Kier alpha value is -2.44. The van der Waals surface area contributed by atoms with Crippen LogP contribution in [0.4, 0.5) is 9.18 Å². The van der Waals surface area contributed by atoms with E-state index in [1.165, 1.54) is 19.1 Å². The maximum atomic E-state index is 12.8. The number of ether oxygens (including phenoxy) is 1. The van der Waals surface area contributed by atoms with Crippen LogP contribution in [0.15, 0.2) is 24.3 Å².